The Balaban J connectivity index is 1.60. The van der Waals surface area contributed by atoms with Gasteiger partial charge >= 0.3 is 0 Å². The van der Waals surface area contributed by atoms with Gasteiger partial charge in [0.05, 0.1) is 4.88 Å². The summed E-state index contributed by atoms with van der Waals surface area (Å²) >= 11 is 9.37. The van der Waals surface area contributed by atoms with Crippen molar-refractivity contribution in [3.8, 4) is 10.7 Å². The van der Waals surface area contributed by atoms with Crippen molar-refractivity contribution in [3.63, 3.8) is 0 Å². The third kappa shape index (κ3) is 3.16. The molecule has 7 heteroatoms. The van der Waals surface area contributed by atoms with Crippen molar-refractivity contribution in [1.29, 1.82) is 0 Å². The third-order valence-corrected chi connectivity index (χ3v) is 5.90. The molecule has 2 aromatic heterocycles. The molecule has 1 fully saturated rings. The van der Waals surface area contributed by atoms with Crippen LogP contribution in [0.1, 0.15) is 24.4 Å². The maximum absolute atomic E-state index is 13.1. The first-order valence-corrected chi connectivity index (χ1v) is 9.52. The zero-order chi connectivity index (χ0) is 15.8. The smallest absolute Gasteiger partial charge is 0.192 e. The van der Waals surface area contributed by atoms with Gasteiger partial charge in [0, 0.05) is 16.8 Å². The third-order valence-electron chi connectivity index (χ3n) is 3.69. The molecule has 0 radical (unpaired) electrons. The molecule has 4 rings (SSSR count). The van der Waals surface area contributed by atoms with E-state index in [2.05, 4.69) is 20.8 Å². The summed E-state index contributed by atoms with van der Waals surface area (Å²) in [5, 5.41) is 12.1. The predicted molar refractivity (Wildman–Crippen MR) is 92.6 cm³/mol. The van der Waals surface area contributed by atoms with Crippen LogP contribution >= 0.6 is 34.7 Å². The molecule has 0 bridgehead atoms. The largest absolute Gasteiger partial charge is 0.298 e. The van der Waals surface area contributed by atoms with Gasteiger partial charge in [0.1, 0.15) is 5.82 Å². The van der Waals surface area contributed by atoms with Gasteiger partial charge in [0.15, 0.2) is 11.0 Å². The van der Waals surface area contributed by atoms with Crippen LogP contribution in [0, 0.1) is 5.82 Å². The van der Waals surface area contributed by atoms with E-state index < -0.39 is 0 Å². The minimum Gasteiger partial charge on any atom is -0.298 e. The van der Waals surface area contributed by atoms with Crippen LogP contribution in [-0.2, 0) is 5.75 Å². The fraction of sp³-hybridized carbons (Fsp3) is 0.250. The summed E-state index contributed by atoms with van der Waals surface area (Å²) in [6.07, 6.45) is 2.34. The van der Waals surface area contributed by atoms with Crippen LogP contribution < -0.4 is 0 Å². The van der Waals surface area contributed by atoms with E-state index in [0.717, 1.165) is 21.4 Å². The lowest BCUT2D eigenvalue weighted by molar-refractivity contribution is 0.627. The molecule has 0 amide bonds. The number of hydrogen-bond donors (Lipinski definition) is 0. The van der Waals surface area contributed by atoms with E-state index in [-0.39, 0.29) is 5.82 Å². The molecule has 118 valence electrons. The molecular weight excluding hydrogens is 353 g/mol. The van der Waals surface area contributed by atoms with Gasteiger partial charge < -0.3 is 0 Å². The Kier molecular flexibility index (Phi) is 4.13. The molecular formula is C16H13ClFN3S2. The van der Waals surface area contributed by atoms with Gasteiger partial charge in [0.25, 0.3) is 0 Å². The standard InChI is InChI=1S/C16H13ClFN3S2/c17-13-8-11(18)4-3-10(13)9-23-16-20-19-15(14-2-1-7-22-14)21(16)12-5-6-12/h1-4,7-8,12H,5-6,9H2. The highest BCUT2D eigenvalue weighted by Crippen LogP contribution is 2.42. The maximum atomic E-state index is 13.1. The summed E-state index contributed by atoms with van der Waals surface area (Å²) in [5.74, 6) is 1.27. The Morgan fingerprint density at radius 1 is 1.30 bits per heavy atom. The Morgan fingerprint density at radius 3 is 2.87 bits per heavy atom. The fourth-order valence-electron chi connectivity index (χ4n) is 2.39. The summed E-state index contributed by atoms with van der Waals surface area (Å²) in [5.41, 5.74) is 0.904. The molecule has 23 heavy (non-hydrogen) atoms. The lowest BCUT2D eigenvalue weighted by atomic mass is 10.2. The minimum absolute atomic E-state index is 0.315. The summed E-state index contributed by atoms with van der Waals surface area (Å²) < 4.78 is 15.4. The highest BCUT2D eigenvalue weighted by atomic mass is 35.5. The van der Waals surface area contributed by atoms with Crippen LogP contribution in [0.4, 0.5) is 4.39 Å². The number of rotatable bonds is 5. The van der Waals surface area contributed by atoms with Crippen molar-refractivity contribution in [1.82, 2.24) is 14.8 Å². The molecule has 3 aromatic rings. The van der Waals surface area contributed by atoms with Crippen molar-refractivity contribution in [2.24, 2.45) is 0 Å². The molecule has 1 aliphatic carbocycles. The zero-order valence-corrected chi connectivity index (χ0v) is 14.5. The van der Waals surface area contributed by atoms with E-state index in [1.165, 1.54) is 25.0 Å². The molecule has 0 aliphatic heterocycles. The first kappa shape index (κ1) is 15.2. The average molecular weight is 366 g/mol. The molecule has 1 aromatic carbocycles. The quantitative estimate of drug-likeness (QED) is 0.565. The van der Waals surface area contributed by atoms with Gasteiger partial charge in [-0.1, -0.05) is 35.5 Å². The molecule has 1 saturated carbocycles. The molecule has 3 nitrogen and oxygen atoms in total. The SMILES string of the molecule is Fc1ccc(CSc2nnc(-c3cccs3)n2C2CC2)c(Cl)c1. The van der Waals surface area contributed by atoms with Gasteiger partial charge in [-0.15, -0.1) is 21.5 Å². The van der Waals surface area contributed by atoms with E-state index in [1.54, 1.807) is 29.2 Å². The molecule has 2 heterocycles. The van der Waals surface area contributed by atoms with Crippen molar-refractivity contribution in [3.05, 3.63) is 52.1 Å². The van der Waals surface area contributed by atoms with Gasteiger partial charge in [-0.3, -0.25) is 4.57 Å². The van der Waals surface area contributed by atoms with Gasteiger partial charge in [0.2, 0.25) is 0 Å². The highest BCUT2D eigenvalue weighted by molar-refractivity contribution is 7.98. The van der Waals surface area contributed by atoms with Crippen molar-refractivity contribution in [2.75, 3.05) is 0 Å². The summed E-state index contributed by atoms with van der Waals surface area (Å²) in [6, 6.07) is 9.09. The van der Waals surface area contributed by atoms with Gasteiger partial charge in [-0.2, -0.15) is 0 Å². The maximum Gasteiger partial charge on any atom is 0.192 e. The molecule has 0 saturated heterocycles. The van der Waals surface area contributed by atoms with E-state index in [9.17, 15) is 4.39 Å². The van der Waals surface area contributed by atoms with Gasteiger partial charge in [-0.25, -0.2) is 4.39 Å². The molecule has 0 unspecified atom stereocenters. The molecule has 1 aliphatic rings. The van der Waals surface area contributed by atoms with Crippen LogP contribution in [0.5, 0.6) is 0 Å². The summed E-state index contributed by atoms with van der Waals surface area (Å²) in [4.78, 5) is 1.14. The van der Waals surface area contributed by atoms with E-state index >= 15 is 0 Å². The Morgan fingerprint density at radius 2 is 2.17 bits per heavy atom. The monoisotopic (exact) mass is 365 g/mol. The Labute approximate surface area is 146 Å². The topological polar surface area (TPSA) is 30.7 Å². The number of thiophene rings is 1. The second kappa shape index (κ2) is 6.26. The van der Waals surface area contributed by atoms with Crippen LogP contribution in [0.25, 0.3) is 10.7 Å². The van der Waals surface area contributed by atoms with Crippen LogP contribution in [0.2, 0.25) is 5.02 Å². The molecule has 0 N–H and O–H groups in total. The number of thioether (sulfide) groups is 1. The number of aromatic nitrogens is 3. The lowest BCUT2D eigenvalue weighted by Crippen LogP contribution is -1.99. The average Bonchev–Trinajstić information content (AvgIpc) is 3.07. The van der Waals surface area contributed by atoms with E-state index in [1.807, 2.05) is 11.4 Å². The fourth-order valence-corrected chi connectivity index (χ4v) is 4.42. The number of benzene rings is 1. The van der Waals surface area contributed by atoms with E-state index in [0.29, 0.717) is 16.8 Å². The first-order valence-electron chi connectivity index (χ1n) is 7.28. The Bertz CT molecular complexity index is 828. The Hall–Kier alpha value is -1.37. The van der Waals surface area contributed by atoms with Crippen molar-refractivity contribution >= 4 is 34.7 Å². The van der Waals surface area contributed by atoms with Gasteiger partial charge in [-0.05, 0) is 42.0 Å². The normalized spacial score (nSPS) is 14.3. The molecule has 0 spiro atoms. The van der Waals surface area contributed by atoms with Crippen LogP contribution in [-0.4, -0.2) is 14.8 Å². The van der Waals surface area contributed by atoms with Crippen LogP contribution in [0.3, 0.4) is 0 Å². The van der Waals surface area contributed by atoms with Crippen LogP contribution in [0.15, 0.2) is 40.9 Å². The summed E-state index contributed by atoms with van der Waals surface area (Å²) in [7, 11) is 0. The lowest BCUT2D eigenvalue weighted by Gasteiger charge is -2.08. The minimum atomic E-state index is -0.315. The second-order valence-corrected chi connectivity index (χ2v) is 7.71. The van der Waals surface area contributed by atoms with Crippen molar-refractivity contribution < 1.29 is 4.39 Å². The highest BCUT2D eigenvalue weighted by Gasteiger charge is 2.30. The predicted octanol–water partition coefficient (Wildman–Crippen LogP) is 5.43. The molecule has 0 atom stereocenters. The number of hydrogen-bond acceptors (Lipinski definition) is 4. The van der Waals surface area contributed by atoms with Crippen molar-refractivity contribution in [2.45, 2.75) is 29.8 Å². The first-order chi connectivity index (χ1) is 11.2. The number of halogens is 2. The van der Waals surface area contributed by atoms with E-state index in [4.69, 9.17) is 11.6 Å². The summed E-state index contributed by atoms with van der Waals surface area (Å²) in [6.45, 7) is 0. The number of nitrogens with zero attached hydrogens (tertiary/aromatic N) is 3. The second-order valence-electron chi connectivity index (χ2n) is 5.41. The zero-order valence-electron chi connectivity index (χ0n) is 12.1.